The van der Waals surface area contributed by atoms with Crippen molar-refractivity contribution in [2.45, 2.75) is 0 Å². The van der Waals surface area contributed by atoms with Crippen molar-refractivity contribution in [2.24, 2.45) is 0 Å². The van der Waals surface area contributed by atoms with Crippen LogP contribution in [-0.2, 0) is 0 Å². The van der Waals surface area contributed by atoms with E-state index in [1.807, 2.05) is 22.7 Å². The van der Waals surface area contributed by atoms with Gasteiger partial charge in [0.1, 0.15) is 0 Å². The number of benzene rings is 7. The van der Waals surface area contributed by atoms with Gasteiger partial charge in [0.2, 0.25) is 0 Å². The average molecular weight is 569 g/mol. The second-order valence-electron chi connectivity index (χ2n) is 10.9. The molecule has 0 atom stereocenters. The Kier molecular flexibility index (Phi) is 5.34. The summed E-state index contributed by atoms with van der Waals surface area (Å²) in [5.41, 5.74) is 6.44. The molecule has 0 radical (unpaired) electrons. The minimum Gasteiger partial charge on any atom is -0.135 e. The van der Waals surface area contributed by atoms with E-state index in [0.29, 0.717) is 0 Å². The molecule has 7 aromatic carbocycles. The van der Waals surface area contributed by atoms with Crippen LogP contribution in [0.3, 0.4) is 0 Å². The molecule has 0 nitrogen and oxygen atoms in total. The molecule has 2 heteroatoms. The van der Waals surface area contributed by atoms with E-state index >= 15 is 0 Å². The van der Waals surface area contributed by atoms with E-state index in [9.17, 15) is 0 Å². The molecule has 0 aliphatic carbocycles. The molecule has 42 heavy (non-hydrogen) atoms. The van der Waals surface area contributed by atoms with Crippen molar-refractivity contribution < 1.29 is 0 Å². The first-order chi connectivity index (χ1) is 20.8. The Bertz CT molecular complexity index is 2390. The van der Waals surface area contributed by atoms with Gasteiger partial charge in [-0.25, -0.2) is 0 Å². The summed E-state index contributed by atoms with van der Waals surface area (Å²) in [6.07, 6.45) is 0. The van der Waals surface area contributed by atoms with E-state index < -0.39 is 0 Å². The Morgan fingerprint density at radius 1 is 0.310 bits per heavy atom. The molecule has 0 unspecified atom stereocenters. The van der Waals surface area contributed by atoms with E-state index in [4.69, 9.17) is 0 Å². The topological polar surface area (TPSA) is 0 Å². The Morgan fingerprint density at radius 2 is 0.857 bits per heavy atom. The number of rotatable bonds is 3. The molecular formula is C40H24S2. The fourth-order valence-electron chi connectivity index (χ4n) is 6.56. The summed E-state index contributed by atoms with van der Waals surface area (Å²) in [4.78, 5) is 1.33. The van der Waals surface area contributed by atoms with Crippen LogP contribution >= 0.6 is 22.7 Å². The first-order valence-electron chi connectivity index (χ1n) is 14.3. The van der Waals surface area contributed by atoms with Crippen LogP contribution in [0.2, 0.25) is 0 Å². The molecule has 0 aliphatic rings. The zero-order valence-electron chi connectivity index (χ0n) is 22.7. The Hall–Kier alpha value is -4.76. The van der Waals surface area contributed by atoms with Crippen LogP contribution in [0.15, 0.2) is 146 Å². The maximum absolute atomic E-state index is 2.42. The van der Waals surface area contributed by atoms with Crippen molar-refractivity contribution in [2.75, 3.05) is 0 Å². The maximum Gasteiger partial charge on any atom is 0.0362 e. The Morgan fingerprint density at radius 3 is 1.50 bits per heavy atom. The van der Waals surface area contributed by atoms with E-state index in [1.165, 1.54) is 84.5 Å². The first-order valence-corrected chi connectivity index (χ1v) is 15.9. The Balaban J connectivity index is 1.27. The van der Waals surface area contributed by atoms with Crippen LogP contribution in [0, 0.1) is 0 Å². The third kappa shape index (κ3) is 3.66. The molecule has 2 aromatic heterocycles. The molecule has 0 N–H and O–H groups in total. The fourth-order valence-corrected chi connectivity index (χ4v) is 8.83. The number of fused-ring (bicyclic) bond motifs is 6. The minimum atomic E-state index is 1.26. The SMILES string of the molecule is c1ccc(-c2cc3cc4sc5cc(-c6c7ccccc7c(-c7ccccc7)c7ccccc67)ccc5c4cc3s2)cc1. The first kappa shape index (κ1) is 23.9. The largest absolute Gasteiger partial charge is 0.135 e. The van der Waals surface area contributed by atoms with Gasteiger partial charge >= 0.3 is 0 Å². The number of hydrogen-bond acceptors (Lipinski definition) is 2. The lowest BCUT2D eigenvalue weighted by Gasteiger charge is -2.17. The highest BCUT2D eigenvalue weighted by Gasteiger charge is 2.17. The smallest absolute Gasteiger partial charge is 0.0362 e. The highest BCUT2D eigenvalue weighted by atomic mass is 32.1. The van der Waals surface area contributed by atoms with Gasteiger partial charge in [0, 0.05) is 29.7 Å². The number of hydrogen-bond donors (Lipinski definition) is 0. The lowest BCUT2D eigenvalue weighted by molar-refractivity contribution is 1.66. The second-order valence-corrected chi connectivity index (χ2v) is 13.1. The van der Waals surface area contributed by atoms with Crippen LogP contribution in [0.5, 0.6) is 0 Å². The van der Waals surface area contributed by atoms with E-state index in [0.717, 1.165) is 0 Å². The van der Waals surface area contributed by atoms with Crippen LogP contribution in [0.1, 0.15) is 0 Å². The van der Waals surface area contributed by atoms with Crippen LogP contribution in [0.4, 0.5) is 0 Å². The van der Waals surface area contributed by atoms with E-state index in [-0.39, 0.29) is 0 Å². The second kappa shape index (κ2) is 9.39. The van der Waals surface area contributed by atoms with Gasteiger partial charge in [-0.05, 0) is 79.0 Å². The molecule has 9 aromatic rings. The highest BCUT2D eigenvalue weighted by molar-refractivity contribution is 7.26. The van der Waals surface area contributed by atoms with Gasteiger partial charge in [0.25, 0.3) is 0 Å². The summed E-state index contributed by atoms with van der Waals surface area (Å²) >= 11 is 3.79. The molecule has 0 fully saturated rings. The monoisotopic (exact) mass is 568 g/mol. The predicted octanol–water partition coefficient (Wildman–Crippen LogP) is 12.6. The average Bonchev–Trinajstić information content (AvgIpc) is 3.63. The summed E-state index contributed by atoms with van der Waals surface area (Å²) < 4.78 is 4.03. The van der Waals surface area contributed by atoms with E-state index in [1.54, 1.807) is 0 Å². The molecule has 0 amide bonds. The standard InChI is InChI=1S/C40H24S2/c1-3-11-25(12-4-1)35-22-28-23-38-34(24-36(28)41-35)29-20-19-27(21-37(29)42-38)40-32-17-9-7-15-30(32)39(26-13-5-2-6-14-26)31-16-8-10-18-33(31)40/h1-24H. The molecule has 0 bridgehead atoms. The van der Waals surface area contributed by atoms with Gasteiger partial charge in [-0.15, -0.1) is 22.7 Å². The fraction of sp³-hybridized carbons (Fsp3) is 0. The molecule has 0 spiro atoms. The van der Waals surface area contributed by atoms with Gasteiger partial charge < -0.3 is 0 Å². The van der Waals surface area contributed by atoms with Gasteiger partial charge in [0.15, 0.2) is 0 Å². The molecule has 196 valence electrons. The van der Waals surface area contributed by atoms with Crippen molar-refractivity contribution >= 4 is 74.5 Å². The van der Waals surface area contributed by atoms with Crippen molar-refractivity contribution in [1.82, 2.24) is 0 Å². The third-order valence-corrected chi connectivity index (χ3v) is 10.7. The van der Waals surface area contributed by atoms with Crippen molar-refractivity contribution in [3.63, 3.8) is 0 Å². The number of thiophene rings is 2. The molecule has 0 saturated carbocycles. The lowest BCUT2D eigenvalue weighted by Crippen LogP contribution is -1.90. The Labute approximate surface area is 251 Å². The van der Waals surface area contributed by atoms with Crippen LogP contribution in [0.25, 0.3) is 84.5 Å². The summed E-state index contributed by atoms with van der Waals surface area (Å²) in [5, 5.41) is 9.20. The molecule has 0 saturated heterocycles. The zero-order chi connectivity index (χ0) is 27.6. The molecular weight excluding hydrogens is 545 g/mol. The minimum absolute atomic E-state index is 1.26. The van der Waals surface area contributed by atoms with Gasteiger partial charge in [-0.1, -0.05) is 121 Å². The summed E-state index contributed by atoms with van der Waals surface area (Å²) in [6, 6.07) is 53.6. The summed E-state index contributed by atoms with van der Waals surface area (Å²) in [5.74, 6) is 0. The van der Waals surface area contributed by atoms with Crippen LogP contribution in [-0.4, -0.2) is 0 Å². The van der Waals surface area contributed by atoms with Gasteiger partial charge in [-0.3, -0.25) is 0 Å². The predicted molar refractivity (Wildman–Crippen MR) is 186 cm³/mol. The summed E-state index contributed by atoms with van der Waals surface area (Å²) in [6.45, 7) is 0. The van der Waals surface area contributed by atoms with Crippen molar-refractivity contribution in [1.29, 1.82) is 0 Å². The van der Waals surface area contributed by atoms with Crippen LogP contribution < -0.4 is 0 Å². The van der Waals surface area contributed by atoms with Gasteiger partial charge in [-0.2, -0.15) is 0 Å². The molecule has 2 heterocycles. The normalized spacial score (nSPS) is 11.8. The maximum atomic E-state index is 2.42. The zero-order valence-corrected chi connectivity index (χ0v) is 24.3. The van der Waals surface area contributed by atoms with E-state index in [2.05, 4.69) is 146 Å². The highest BCUT2D eigenvalue weighted by Crippen LogP contribution is 2.46. The van der Waals surface area contributed by atoms with Gasteiger partial charge in [0.05, 0.1) is 0 Å². The van der Waals surface area contributed by atoms with Crippen molar-refractivity contribution in [3.8, 4) is 32.7 Å². The van der Waals surface area contributed by atoms with Crippen molar-refractivity contribution in [3.05, 3.63) is 146 Å². The lowest BCUT2D eigenvalue weighted by atomic mass is 9.86. The molecule has 9 rings (SSSR count). The third-order valence-electron chi connectivity index (χ3n) is 8.45. The molecule has 0 aliphatic heterocycles. The summed E-state index contributed by atoms with van der Waals surface area (Å²) in [7, 11) is 0. The quantitative estimate of drug-likeness (QED) is 0.186.